The van der Waals surface area contributed by atoms with Gasteiger partial charge in [0.15, 0.2) is 0 Å². The molecular formula is C23H38N2OS. The normalized spacial score (nSPS) is 52.3. The molecular weight excluding hydrogens is 352 g/mol. The first-order chi connectivity index (χ1) is 12.9. The summed E-state index contributed by atoms with van der Waals surface area (Å²) in [5.41, 5.74) is 0.838. The lowest BCUT2D eigenvalue weighted by Crippen LogP contribution is -2.64. The minimum Gasteiger partial charge on any atom is -0.341 e. The zero-order valence-corrected chi connectivity index (χ0v) is 18.5. The summed E-state index contributed by atoms with van der Waals surface area (Å²) in [4.78, 5) is 14.9. The standard InChI is InChI=1S/C23H38N2OS/c1-22-12-11-17-15(16(22)8-9-19(22)24-14-5-6-14)7-10-20-23(17,2)13-18(27-4)21(26)25(20)3/h14-20,24H,5-13H2,1-4H3/t15-,16-,17+,18?,19?,20?,22-,23+/m0/s1. The first kappa shape index (κ1) is 18.8. The fourth-order valence-corrected chi connectivity index (χ4v) is 9.11. The molecule has 0 aromatic carbocycles. The zero-order valence-electron chi connectivity index (χ0n) is 17.7. The van der Waals surface area contributed by atoms with E-state index in [1.54, 1.807) is 11.8 Å². The molecule has 0 spiro atoms. The van der Waals surface area contributed by atoms with Gasteiger partial charge in [-0.3, -0.25) is 4.79 Å². The van der Waals surface area contributed by atoms with E-state index in [2.05, 4.69) is 37.4 Å². The summed E-state index contributed by atoms with van der Waals surface area (Å²) in [5.74, 6) is 3.00. The lowest BCUT2D eigenvalue weighted by molar-refractivity contribution is -0.156. The van der Waals surface area contributed by atoms with Gasteiger partial charge < -0.3 is 10.2 Å². The number of nitrogens with zero attached hydrogens (tertiary/aromatic N) is 1. The third kappa shape index (κ3) is 2.68. The second-order valence-electron chi connectivity index (χ2n) is 11.0. The minimum atomic E-state index is 0.177. The number of amides is 1. The van der Waals surface area contributed by atoms with Gasteiger partial charge in [0.25, 0.3) is 0 Å². The lowest BCUT2D eigenvalue weighted by atomic mass is 9.47. The molecule has 1 amide bonds. The molecule has 0 radical (unpaired) electrons. The summed E-state index contributed by atoms with van der Waals surface area (Å²) in [5, 5.41) is 4.20. The van der Waals surface area contributed by atoms with Crippen molar-refractivity contribution in [1.29, 1.82) is 0 Å². The van der Waals surface area contributed by atoms with E-state index < -0.39 is 0 Å². The fraction of sp³-hybridized carbons (Fsp3) is 0.957. The Labute approximate surface area is 169 Å². The second-order valence-corrected chi connectivity index (χ2v) is 12.0. The maximum atomic E-state index is 12.8. The number of nitrogens with one attached hydrogen (secondary N) is 1. The quantitative estimate of drug-likeness (QED) is 0.779. The van der Waals surface area contributed by atoms with Crippen LogP contribution in [-0.2, 0) is 4.79 Å². The van der Waals surface area contributed by atoms with Gasteiger partial charge in [0, 0.05) is 25.2 Å². The average molecular weight is 391 g/mol. The molecule has 5 rings (SSSR count). The van der Waals surface area contributed by atoms with E-state index in [4.69, 9.17) is 0 Å². The largest absolute Gasteiger partial charge is 0.341 e. The molecule has 152 valence electrons. The highest BCUT2D eigenvalue weighted by Crippen LogP contribution is 2.65. The minimum absolute atomic E-state index is 0.177. The van der Waals surface area contributed by atoms with Crippen LogP contribution in [0.2, 0.25) is 0 Å². The fourth-order valence-electron chi connectivity index (χ4n) is 8.22. The van der Waals surface area contributed by atoms with E-state index in [1.165, 1.54) is 51.4 Å². The molecule has 5 fully saturated rings. The van der Waals surface area contributed by atoms with Crippen LogP contribution in [0.5, 0.6) is 0 Å². The molecule has 5 aliphatic rings. The van der Waals surface area contributed by atoms with Crippen molar-refractivity contribution in [1.82, 2.24) is 10.2 Å². The molecule has 3 unspecified atom stereocenters. The van der Waals surface area contributed by atoms with Gasteiger partial charge in [0.2, 0.25) is 5.91 Å². The van der Waals surface area contributed by atoms with Gasteiger partial charge in [-0.1, -0.05) is 13.8 Å². The van der Waals surface area contributed by atoms with Crippen molar-refractivity contribution < 1.29 is 4.79 Å². The molecule has 1 heterocycles. The third-order valence-electron chi connectivity index (χ3n) is 9.83. The molecule has 0 aromatic rings. The summed E-state index contributed by atoms with van der Waals surface area (Å²) >= 11 is 1.78. The Hall–Kier alpha value is -0.220. The number of hydrogen-bond donors (Lipinski definition) is 1. The number of likely N-dealkylation sites (tertiary alicyclic amines) is 1. The molecule has 4 heteroatoms. The highest BCUT2D eigenvalue weighted by Gasteiger charge is 2.62. The van der Waals surface area contributed by atoms with Crippen molar-refractivity contribution in [3.63, 3.8) is 0 Å². The third-order valence-corrected chi connectivity index (χ3v) is 10.8. The van der Waals surface area contributed by atoms with Crippen LogP contribution in [-0.4, -0.2) is 47.5 Å². The first-order valence-electron chi connectivity index (χ1n) is 11.4. The summed E-state index contributed by atoms with van der Waals surface area (Å²) in [7, 11) is 2.09. The van der Waals surface area contributed by atoms with Crippen LogP contribution in [0.1, 0.15) is 71.6 Å². The van der Waals surface area contributed by atoms with Gasteiger partial charge in [-0.25, -0.2) is 0 Å². The Kier molecular flexibility index (Phi) is 4.44. The van der Waals surface area contributed by atoms with Crippen molar-refractivity contribution >= 4 is 17.7 Å². The predicted octanol–water partition coefficient (Wildman–Crippen LogP) is 4.31. The predicted molar refractivity (Wildman–Crippen MR) is 113 cm³/mol. The highest BCUT2D eigenvalue weighted by atomic mass is 32.2. The number of rotatable bonds is 3. The maximum absolute atomic E-state index is 12.8. The SMILES string of the molecule is CSC1C[C@@]2(C)C(CC[C@@H]3[C@H]2CC[C@]2(C)C(NC4CC4)CC[C@@H]32)N(C)C1=O. The number of carbonyl (C=O) groups is 1. The molecule has 4 saturated carbocycles. The van der Waals surface area contributed by atoms with E-state index in [-0.39, 0.29) is 5.25 Å². The maximum Gasteiger partial charge on any atom is 0.235 e. The highest BCUT2D eigenvalue weighted by molar-refractivity contribution is 7.99. The van der Waals surface area contributed by atoms with Crippen LogP contribution in [0.25, 0.3) is 0 Å². The van der Waals surface area contributed by atoms with Crippen LogP contribution >= 0.6 is 11.8 Å². The molecule has 4 aliphatic carbocycles. The molecule has 3 nitrogen and oxygen atoms in total. The van der Waals surface area contributed by atoms with Crippen LogP contribution in [0, 0.1) is 28.6 Å². The van der Waals surface area contributed by atoms with Gasteiger partial charge in [-0.05, 0) is 92.6 Å². The van der Waals surface area contributed by atoms with Crippen molar-refractivity contribution in [3.05, 3.63) is 0 Å². The molecule has 1 N–H and O–H groups in total. The topological polar surface area (TPSA) is 32.3 Å². The smallest absolute Gasteiger partial charge is 0.235 e. The van der Waals surface area contributed by atoms with Crippen molar-refractivity contribution in [2.24, 2.45) is 28.6 Å². The Morgan fingerprint density at radius 2 is 1.74 bits per heavy atom. The number of piperidine rings is 1. The van der Waals surface area contributed by atoms with Crippen LogP contribution in [0.15, 0.2) is 0 Å². The molecule has 1 saturated heterocycles. The Morgan fingerprint density at radius 1 is 1.00 bits per heavy atom. The van der Waals surface area contributed by atoms with E-state index in [0.717, 1.165) is 36.3 Å². The van der Waals surface area contributed by atoms with Crippen molar-refractivity contribution in [2.75, 3.05) is 13.3 Å². The number of thioether (sulfide) groups is 1. The van der Waals surface area contributed by atoms with E-state index in [1.807, 2.05) is 0 Å². The van der Waals surface area contributed by atoms with Crippen LogP contribution in [0.4, 0.5) is 0 Å². The number of hydrogen-bond acceptors (Lipinski definition) is 3. The van der Waals surface area contributed by atoms with Gasteiger partial charge in [0.1, 0.15) is 0 Å². The van der Waals surface area contributed by atoms with E-state index in [9.17, 15) is 4.79 Å². The van der Waals surface area contributed by atoms with E-state index in [0.29, 0.717) is 22.8 Å². The Bertz CT molecular complexity index is 621. The molecule has 8 atom stereocenters. The average Bonchev–Trinajstić information content (AvgIpc) is 3.40. The van der Waals surface area contributed by atoms with Crippen molar-refractivity contribution in [3.8, 4) is 0 Å². The Morgan fingerprint density at radius 3 is 2.44 bits per heavy atom. The lowest BCUT2D eigenvalue weighted by Gasteiger charge is -2.62. The summed E-state index contributed by atoms with van der Waals surface area (Å²) in [6.45, 7) is 5.18. The monoisotopic (exact) mass is 390 g/mol. The van der Waals surface area contributed by atoms with Gasteiger partial charge in [0.05, 0.1) is 5.25 Å². The van der Waals surface area contributed by atoms with E-state index >= 15 is 0 Å². The van der Waals surface area contributed by atoms with Gasteiger partial charge >= 0.3 is 0 Å². The summed E-state index contributed by atoms with van der Waals surface area (Å²) < 4.78 is 0. The summed E-state index contributed by atoms with van der Waals surface area (Å²) in [6, 6.07) is 2.06. The number of fused-ring (bicyclic) bond motifs is 5. The molecule has 27 heavy (non-hydrogen) atoms. The summed E-state index contributed by atoms with van der Waals surface area (Å²) in [6.07, 6.45) is 14.2. The Balaban J connectivity index is 1.41. The second kappa shape index (κ2) is 6.39. The van der Waals surface area contributed by atoms with Crippen LogP contribution < -0.4 is 5.32 Å². The number of carbonyl (C=O) groups excluding carboxylic acids is 1. The molecule has 1 aliphatic heterocycles. The zero-order chi connectivity index (χ0) is 19.0. The van der Waals surface area contributed by atoms with Gasteiger partial charge in [-0.2, -0.15) is 11.8 Å². The first-order valence-corrected chi connectivity index (χ1v) is 12.7. The van der Waals surface area contributed by atoms with Crippen LogP contribution in [0.3, 0.4) is 0 Å². The molecule has 0 bridgehead atoms. The molecule has 0 aromatic heterocycles. The van der Waals surface area contributed by atoms with Gasteiger partial charge in [-0.15, -0.1) is 0 Å². The van der Waals surface area contributed by atoms with Crippen molar-refractivity contribution in [2.45, 2.75) is 95.0 Å².